The van der Waals surface area contributed by atoms with Gasteiger partial charge in [0.2, 0.25) is 11.7 Å². The van der Waals surface area contributed by atoms with Gasteiger partial charge in [-0.3, -0.25) is 24.1 Å². The number of hydrogen-bond acceptors (Lipinski definition) is 9. The van der Waals surface area contributed by atoms with Crippen LogP contribution in [0.25, 0.3) is 5.76 Å². The Bertz CT molecular complexity index is 1440. The molecule has 42 heavy (non-hydrogen) atoms. The Morgan fingerprint density at radius 1 is 1.14 bits per heavy atom. The van der Waals surface area contributed by atoms with Crippen LogP contribution in [0.1, 0.15) is 62.5 Å². The number of primary amides is 1. The van der Waals surface area contributed by atoms with E-state index in [1.54, 1.807) is 0 Å². The monoisotopic (exact) mass is 585 g/mol. The highest BCUT2D eigenvalue weighted by molar-refractivity contribution is 6.24. The second-order valence-electron chi connectivity index (χ2n) is 12.2. The Balaban J connectivity index is 1.53. The molecule has 0 heterocycles. The van der Waals surface area contributed by atoms with Gasteiger partial charge in [-0.15, -0.1) is 0 Å². The maximum absolute atomic E-state index is 15.5. The van der Waals surface area contributed by atoms with Crippen molar-refractivity contribution < 1.29 is 44.0 Å². The zero-order valence-electron chi connectivity index (χ0n) is 23.6. The first kappa shape index (κ1) is 29.7. The molecule has 4 atom stereocenters. The maximum atomic E-state index is 15.5. The van der Waals surface area contributed by atoms with E-state index in [1.807, 2.05) is 0 Å². The number of carbonyl (C=O) groups excluding carboxylic acids is 4. The molecule has 1 aromatic carbocycles. The van der Waals surface area contributed by atoms with Gasteiger partial charge in [-0.2, -0.15) is 0 Å². The molecule has 0 spiro atoms. The number of benzene rings is 1. The summed E-state index contributed by atoms with van der Waals surface area (Å²) >= 11 is 0. The van der Waals surface area contributed by atoms with Gasteiger partial charge in [0.15, 0.2) is 17.1 Å². The number of likely N-dealkylation sites (N-methyl/N-ethyl adjacent to an activating group) is 1. The average Bonchev–Trinajstić information content (AvgIpc) is 2.92. The van der Waals surface area contributed by atoms with Crippen LogP contribution in [0.2, 0.25) is 0 Å². The van der Waals surface area contributed by atoms with Crippen molar-refractivity contribution in [2.75, 3.05) is 19.4 Å². The molecule has 0 aromatic heterocycles. The van der Waals surface area contributed by atoms with E-state index < -0.39 is 81.1 Å². The number of aliphatic hydroxyl groups is 3. The predicted molar refractivity (Wildman–Crippen MR) is 149 cm³/mol. The van der Waals surface area contributed by atoms with E-state index in [9.17, 15) is 39.6 Å². The highest BCUT2D eigenvalue weighted by atomic mass is 19.1. The topological polar surface area (TPSA) is 190 Å². The van der Waals surface area contributed by atoms with Crippen LogP contribution in [0.4, 0.5) is 10.1 Å². The summed E-state index contributed by atoms with van der Waals surface area (Å²) in [5, 5.41) is 47.4. The van der Waals surface area contributed by atoms with Crippen molar-refractivity contribution in [3.63, 3.8) is 0 Å². The van der Waals surface area contributed by atoms with Crippen LogP contribution >= 0.6 is 0 Å². The number of nitrogens with one attached hydrogen (secondary N) is 1. The number of anilines is 1. The van der Waals surface area contributed by atoms with Crippen molar-refractivity contribution in [1.29, 1.82) is 0 Å². The summed E-state index contributed by atoms with van der Waals surface area (Å²) in [6.07, 6.45) is 6.02. The number of carbonyl (C=O) groups is 4. The van der Waals surface area contributed by atoms with Crippen molar-refractivity contribution in [2.45, 2.75) is 69.4 Å². The minimum atomic E-state index is -2.79. The van der Waals surface area contributed by atoms with E-state index in [-0.39, 0.29) is 36.1 Å². The summed E-state index contributed by atoms with van der Waals surface area (Å²) in [5.74, 6) is -9.03. The SMILES string of the molecule is CN(C)[C@@H]1C(=O)C(C(N)=O)=C(O)[C@@]2(O)C(=O)C3=C(O)c4c(O)c(NC(=O)CCC5CCCCC5)cc(F)c4C[C@H]3C[C@@H]12. The van der Waals surface area contributed by atoms with Crippen LogP contribution in [-0.4, -0.2) is 74.4 Å². The molecule has 2 fully saturated rings. The van der Waals surface area contributed by atoms with Gasteiger partial charge in [0.25, 0.3) is 5.91 Å². The van der Waals surface area contributed by atoms with E-state index in [1.165, 1.54) is 25.4 Å². The Labute approximate surface area is 241 Å². The molecule has 2 saturated carbocycles. The van der Waals surface area contributed by atoms with Crippen LogP contribution in [-0.2, 0) is 25.6 Å². The lowest BCUT2D eigenvalue weighted by Crippen LogP contribution is -2.65. The van der Waals surface area contributed by atoms with Crippen molar-refractivity contribution in [1.82, 2.24) is 4.90 Å². The lowest BCUT2D eigenvalue weighted by atomic mass is 9.57. The van der Waals surface area contributed by atoms with Gasteiger partial charge < -0.3 is 31.5 Å². The number of phenols is 1. The maximum Gasteiger partial charge on any atom is 0.255 e. The van der Waals surface area contributed by atoms with E-state index >= 15 is 4.39 Å². The molecule has 4 aliphatic carbocycles. The summed E-state index contributed by atoms with van der Waals surface area (Å²) < 4.78 is 15.5. The number of nitrogens with zero attached hydrogens (tertiary/aromatic N) is 1. The average molecular weight is 586 g/mol. The van der Waals surface area contributed by atoms with Gasteiger partial charge in [0, 0.05) is 29.5 Å². The fourth-order valence-electron chi connectivity index (χ4n) is 7.39. The molecule has 7 N–H and O–H groups in total. The predicted octanol–water partition coefficient (Wildman–Crippen LogP) is 2.40. The highest BCUT2D eigenvalue weighted by Crippen LogP contribution is 2.53. The second-order valence-corrected chi connectivity index (χ2v) is 12.2. The summed E-state index contributed by atoms with van der Waals surface area (Å²) in [5.41, 5.74) is 0.449. The van der Waals surface area contributed by atoms with Crippen LogP contribution in [0, 0.1) is 23.6 Å². The van der Waals surface area contributed by atoms with Crippen molar-refractivity contribution in [3.05, 3.63) is 39.9 Å². The molecule has 2 amide bonds. The van der Waals surface area contributed by atoms with Gasteiger partial charge in [-0.25, -0.2) is 4.39 Å². The molecule has 5 rings (SSSR count). The van der Waals surface area contributed by atoms with Gasteiger partial charge in [-0.1, -0.05) is 32.1 Å². The number of amides is 2. The summed E-state index contributed by atoms with van der Waals surface area (Å²) in [7, 11) is 2.99. The Morgan fingerprint density at radius 2 is 1.81 bits per heavy atom. The number of ketones is 2. The zero-order chi connectivity index (χ0) is 30.7. The Hall–Kier alpha value is -3.77. The number of halogens is 1. The lowest BCUT2D eigenvalue weighted by Gasteiger charge is -2.50. The van der Waals surface area contributed by atoms with E-state index in [0.29, 0.717) is 12.3 Å². The fourth-order valence-corrected chi connectivity index (χ4v) is 7.39. The summed E-state index contributed by atoms with van der Waals surface area (Å²) in [6, 6.07) is -0.265. The van der Waals surface area contributed by atoms with E-state index in [2.05, 4.69) is 5.32 Å². The molecule has 1 aromatic rings. The Morgan fingerprint density at radius 3 is 2.43 bits per heavy atom. The van der Waals surface area contributed by atoms with Gasteiger partial charge >= 0.3 is 0 Å². The third-order valence-electron chi connectivity index (χ3n) is 9.44. The first-order chi connectivity index (χ1) is 19.8. The number of rotatable bonds is 6. The molecule has 11 nitrogen and oxygen atoms in total. The normalized spacial score (nSPS) is 28.0. The van der Waals surface area contributed by atoms with Gasteiger partial charge in [0.1, 0.15) is 22.9 Å². The van der Waals surface area contributed by atoms with E-state index in [0.717, 1.165) is 31.7 Å². The summed E-state index contributed by atoms with van der Waals surface area (Å²) in [4.78, 5) is 53.2. The highest BCUT2D eigenvalue weighted by Gasteiger charge is 2.64. The number of nitrogens with two attached hydrogens (primary N) is 1. The van der Waals surface area contributed by atoms with E-state index in [4.69, 9.17) is 5.73 Å². The molecule has 0 saturated heterocycles. The van der Waals surface area contributed by atoms with Crippen molar-refractivity contribution >= 4 is 34.8 Å². The molecular weight excluding hydrogens is 549 g/mol. The fraction of sp³-hybridized carbons (Fsp3) is 0.533. The number of phenolic OH excluding ortho intramolecular Hbond substituents is 1. The number of aromatic hydroxyl groups is 1. The standard InChI is InChI=1S/C30H36FN3O8/c1-34(2)23-16-11-14-10-15-17(31)12-18(33-19(35)9-8-13-6-4-3-5-7-13)24(36)21(15)25(37)20(14)27(39)30(16,42)28(40)22(26(23)38)29(32)41/h12-14,16,23,36-37,40,42H,3-11H2,1-2H3,(H2,32,41)(H,33,35)/t14-,16-,23-,30-/m0/s1. The molecule has 226 valence electrons. The largest absolute Gasteiger partial charge is 0.508 e. The molecule has 12 heteroatoms. The minimum absolute atomic E-state index is 0.0988. The number of hydrogen-bond donors (Lipinski definition) is 6. The minimum Gasteiger partial charge on any atom is -0.508 e. The molecule has 0 bridgehead atoms. The number of fused-ring (bicyclic) bond motifs is 3. The Kier molecular flexibility index (Phi) is 7.65. The third kappa shape index (κ3) is 4.57. The molecule has 0 aliphatic heterocycles. The number of Topliss-reactive ketones (excluding diaryl/α,β-unsaturated/α-hetero) is 2. The van der Waals surface area contributed by atoms with Crippen LogP contribution < -0.4 is 11.1 Å². The second kappa shape index (κ2) is 10.8. The zero-order valence-corrected chi connectivity index (χ0v) is 23.6. The third-order valence-corrected chi connectivity index (χ3v) is 9.44. The lowest BCUT2D eigenvalue weighted by molar-refractivity contribution is -0.153. The first-order valence-electron chi connectivity index (χ1n) is 14.3. The van der Waals surface area contributed by atoms with Crippen LogP contribution in [0.3, 0.4) is 0 Å². The summed E-state index contributed by atoms with van der Waals surface area (Å²) in [6.45, 7) is 0. The van der Waals surface area contributed by atoms with Crippen LogP contribution in [0.15, 0.2) is 23.0 Å². The molecular formula is C30H36FN3O8. The van der Waals surface area contributed by atoms with Crippen LogP contribution in [0.5, 0.6) is 5.75 Å². The van der Waals surface area contributed by atoms with Gasteiger partial charge in [0.05, 0.1) is 17.3 Å². The van der Waals surface area contributed by atoms with Crippen molar-refractivity contribution in [2.24, 2.45) is 23.5 Å². The molecule has 0 unspecified atom stereocenters. The smallest absolute Gasteiger partial charge is 0.255 e. The molecule has 0 radical (unpaired) electrons. The van der Waals surface area contributed by atoms with Crippen molar-refractivity contribution in [3.8, 4) is 5.75 Å². The van der Waals surface area contributed by atoms with Gasteiger partial charge in [-0.05, 0) is 45.2 Å². The quantitative estimate of drug-likeness (QED) is 0.215. The first-order valence-corrected chi connectivity index (χ1v) is 14.3. The number of aliphatic hydroxyl groups excluding tert-OH is 2. The molecule has 4 aliphatic rings.